The van der Waals surface area contributed by atoms with Crippen LogP contribution < -0.4 is 10.6 Å². The maximum absolute atomic E-state index is 12.3. The fraction of sp³-hybridized carbons (Fsp3) is 0.263. The molecule has 1 heterocycles. The third-order valence-corrected chi connectivity index (χ3v) is 3.95. The van der Waals surface area contributed by atoms with Crippen LogP contribution >= 0.6 is 0 Å². The normalized spacial score (nSPS) is 14.8. The molecule has 124 valence electrons. The van der Waals surface area contributed by atoms with Gasteiger partial charge >= 0.3 is 5.97 Å². The number of hydrogen-bond acceptors (Lipinski definition) is 4. The summed E-state index contributed by atoms with van der Waals surface area (Å²) in [6, 6.07) is 15.8. The van der Waals surface area contributed by atoms with E-state index in [-0.39, 0.29) is 18.0 Å². The first-order chi connectivity index (χ1) is 11.7. The Morgan fingerprint density at radius 3 is 2.42 bits per heavy atom. The molecule has 5 heteroatoms. The molecule has 2 aromatic carbocycles. The second-order valence-electron chi connectivity index (χ2n) is 5.76. The van der Waals surface area contributed by atoms with Crippen molar-refractivity contribution >= 4 is 17.6 Å². The van der Waals surface area contributed by atoms with Gasteiger partial charge in [-0.1, -0.05) is 24.3 Å². The molecule has 0 spiro atoms. The molecule has 1 fully saturated rings. The van der Waals surface area contributed by atoms with Crippen molar-refractivity contribution in [2.75, 3.05) is 18.4 Å². The predicted molar refractivity (Wildman–Crippen MR) is 92.1 cm³/mol. The van der Waals surface area contributed by atoms with Gasteiger partial charge in [-0.3, -0.25) is 4.79 Å². The van der Waals surface area contributed by atoms with Crippen LogP contribution in [0.5, 0.6) is 0 Å². The fourth-order valence-corrected chi connectivity index (χ4v) is 2.65. The van der Waals surface area contributed by atoms with Gasteiger partial charge in [0.15, 0.2) is 0 Å². The minimum Gasteiger partial charge on any atom is -0.459 e. The lowest BCUT2D eigenvalue weighted by molar-refractivity contribution is 0.0229. The van der Waals surface area contributed by atoms with Crippen LogP contribution in [0.2, 0.25) is 0 Å². The minimum absolute atomic E-state index is 0.0404. The van der Waals surface area contributed by atoms with Gasteiger partial charge in [-0.05, 0) is 56.3 Å². The monoisotopic (exact) mass is 324 g/mol. The van der Waals surface area contributed by atoms with Crippen molar-refractivity contribution in [1.29, 1.82) is 0 Å². The summed E-state index contributed by atoms with van der Waals surface area (Å²) >= 11 is 0. The van der Waals surface area contributed by atoms with Gasteiger partial charge in [0.2, 0.25) is 0 Å². The number of esters is 1. The molecule has 1 saturated heterocycles. The zero-order chi connectivity index (χ0) is 16.8. The molecule has 5 nitrogen and oxygen atoms in total. The average molecular weight is 324 g/mol. The molecule has 0 saturated carbocycles. The number of nitrogens with one attached hydrogen (secondary N) is 2. The van der Waals surface area contributed by atoms with Gasteiger partial charge in [0.05, 0.1) is 5.56 Å². The second kappa shape index (κ2) is 7.75. The van der Waals surface area contributed by atoms with Gasteiger partial charge in [0.1, 0.15) is 6.10 Å². The molecule has 2 N–H and O–H groups in total. The highest BCUT2D eigenvalue weighted by atomic mass is 16.5. The number of benzene rings is 2. The molecule has 24 heavy (non-hydrogen) atoms. The van der Waals surface area contributed by atoms with E-state index in [0.29, 0.717) is 16.8 Å². The molecule has 1 amide bonds. The number of amides is 1. The maximum Gasteiger partial charge on any atom is 0.338 e. The van der Waals surface area contributed by atoms with Crippen LogP contribution in [0.1, 0.15) is 33.6 Å². The molecule has 0 radical (unpaired) electrons. The van der Waals surface area contributed by atoms with Gasteiger partial charge in [-0.2, -0.15) is 0 Å². The zero-order valence-corrected chi connectivity index (χ0v) is 13.3. The van der Waals surface area contributed by atoms with Crippen LogP contribution in [-0.4, -0.2) is 31.1 Å². The van der Waals surface area contributed by atoms with Crippen LogP contribution in [0.25, 0.3) is 0 Å². The molecular weight excluding hydrogens is 304 g/mol. The van der Waals surface area contributed by atoms with Crippen molar-refractivity contribution in [2.45, 2.75) is 18.9 Å². The standard InChI is InChI=1S/C19H20N2O3/c22-18(14-5-2-1-3-6-14)21-16-8-4-7-15(13-16)19(23)24-17-9-11-20-12-10-17/h1-8,13,17,20H,9-12H2,(H,21,22). The summed E-state index contributed by atoms with van der Waals surface area (Å²) in [4.78, 5) is 24.4. The largest absolute Gasteiger partial charge is 0.459 e. The predicted octanol–water partition coefficient (Wildman–Crippen LogP) is 2.85. The van der Waals surface area contributed by atoms with E-state index in [1.54, 1.807) is 36.4 Å². The first-order valence-electron chi connectivity index (χ1n) is 8.10. The van der Waals surface area contributed by atoms with Crippen LogP contribution in [0.4, 0.5) is 5.69 Å². The third kappa shape index (κ3) is 4.20. The van der Waals surface area contributed by atoms with Gasteiger partial charge in [-0.25, -0.2) is 4.79 Å². The summed E-state index contributed by atoms with van der Waals surface area (Å²) in [7, 11) is 0. The van der Waals surface area contributed by atoms with Gasteiger partial charge < -0.3 is 15.4 Å². The van der Waals surface area contributed by atoms with Crippen molar-refractivity contribution in [2.24, 2.45) is 0 Å². The summed E-state index contributed by atoms with van der Waals surface area (Å²) in [5, 5.41) is 6.04. The van der Waals surface area contributed by atoms with E-state index >= 15 is 0 Å². The SMILES string of the molecule is O=C(Nc1cccc(C(=O)OC2CCNCC2)c1)c1ccccc1. The number of ether oxygens (including phenoxy) is 1. The smallest absolute Gasteiger partial charge is 0.338 e. The number of carbonyl (C=O) groups excluding carboxylic acids is 2. The maximum atomic E-state index is 12.3. The molecule has 1 aliphatic heterocycles. The van der Waals surface area contributed by atoms with Crippen LogP contribution in [-0.2, 0) is 4.74 Å². The van der Waals surface area contributed by atoms with E-state index in [9.17, 15) is 9.59 Å². The quantitative estimate of drug-likeness (QED) is 0.849. The molecule has 3 rings (SSSR count). The minimum atomic E-state index is -0.349. The van der Waals surface area contributed by atoms with Crippen molar-refractivity contribution < 1.29 is 14.3 Å². The number of hydrogen-bond donors (Lipinski definition) is 2. The molecule has 0 aliphatic carbocycles. The van der Waals surface area contributed by atoms with Crippen LogP contribution in [0.3, 0.4) is 0 Å². The summed E-state index contributed by atoms with van der Waals surface area (Å²) in [6.07, 6.45) is 1.62. The van der Waals surface area contributed by atoms with Crippen molar-refractivity contribution in [3.8, 4) is 0 Å². The summed E-state index contributed by atoms with van der Waals surface area (Å²) in [6.45, 7) is 1.73. The Morgan fingerprint density at radius 1 is 0.958 bits per heavy atom. The molecule has 2 aromatic rings. The first-order valence-corrected chi connectivity index (χ1v) is 8.10. The number of rotatable bonds is 4. The van der Waals surface area contributed by atoms with Crippen molar-refractivity contribution in [1.82, 2.24) is 5.32 Å². The Morgan fingerprint density at radius 2 is 1.67 bits per heavy atom. The molecule has 1 aliphatic rings. The van der Waals surface area contributed by atoms with E-state index in [1.807, 2.05) is 18.2 Å². The Kier molecular flexibility index (Phi) is 5.23. The van der Waals surface area contributed by atoms with E-state index in [2.05, 4.69) is 10.6 Å². The highest BCUT2D eigenvalue weighted by Gasteiger charge is 2.18. The van der Waals surface area contributed by atoms with Crippen LogP contribution in [0.15, 0.2) is 54.6 Å². The summed E-state index contributed by atoms with van der Waals surface area (Å²) < 4.78 is 5.53. The summed E-state index contributed by atoms with van der Waals surface area (Å²) in [5.74, 6) is -0.558. The van der Waals surface area contributed by atoms with Crippen LogP contribution in [0, 0.1) is 0 Å². The molecule has 0 unspecified atom stereocenters. The lowest BCUT2D eigenvalue weighted by atomic mass is 10.1. The Bertz CT molecular complexity index is 710. The second-order valence-corrected chi connectivity index (χ2v) is 5.76. The number of piperidine rings is 1. The lowest BCUT2D eigenvalue weighted by Crippen LogP contribution is -2.33. The third-order valence-electron chi connectivity index (χ3n) is 3.95. The Labute approximate surface area is 141 Å². The van der Waals surface area contributed by atoms with E-state index < -0.39 is 0 Å². The van der Waals surface area contributed by atoms with Crippen molar-refractivity contribution in [3.05, 3.63) is 65.7 Å². The Balaban J connectivity index is 1.65. The number of carbonyl (C=O) groups is 2. The fourth-order valence-electron chi connectivity index (χ4n) is 2.65. The van der Waals surface area contributed by atoms with E-state index in [1.165, 1.54) is 0 Å². The Hall–Kier alpha value is -2.66. The highest BCUT2D eigenvalue weighted by Crippen LogP contribution is 2.16. The zero-order valence-electron chi connectivity index (χ0n) is 13.3. The van der Waals surface area contributed by atoms with E-state index in [4.69, 9.17) is 4.74 Å². The van der Waals surface area contributed by atoms with Gasteiger partial charge in [-0.15, -0.1) is 0 Å². The molecule has 0 atom stereocenters. The lowest BCUT2D eigenvalue weighted by Gasteiger charge is -2.22. The van der Waals surface area contributed by atoms with Crippen molar-refractivity contribution in [3.63, 3.8) is 0 Å². The topological polar surface area (TPSA) is 67.4 Å². The summed E-state index contributed by atoms with van der Waals surface area (Å²) in [5.41, 5.74) is 1.59. The van der Waals surface area contributed by atoms with Gasteiger partial charge in [0.25, 0.3) is 5.91 Å². The first kappa shape index (κ1) is 16.2. The molecular formula is C19H20N2O3. The van der Waals surface area contributed by atoms with E-state index in [0.717, 1.165) is 25.9 Å². The molecule has 0 bridgehead atoms. The molecule has 0 aromatic heterocycles. The average Bonchev–Trinajstić information content (AvgIpc) is 2.63. The highest BCUT2D eigenvalue weighted by molar-refractivity contribution is 6.04. The van der Waals surface area contributed by atoms with Gasteiger partial charge in [0, 0.05) is 11.3 Å². The number of anilines is 1.